The summed E-state index contributed by atoms with van der Waals surface area (Å²) in [5.74, 6) is 0.0115. The van der Waals surface area contributed by atoms with Crippen LogP contribution in [0, 0.1) is 5.41 Å². The molecule has 3 nitrogen and oxygen atoms in total. The average Bonchev–Trinajstić information content (AvgIpc) is 2.38. The van der Waals surface area contributed by atoms with E-state index in [2.05, 4.69) is 12.2 Å². The molecular weight excluding hydrogens is 224 g/mol. The number of amides is 1. The first-order valence-corrected chi connectivity index (χ1v) is 6.76. The molecule has 0 aliphatic heterocycles. The lowest BCUT2D eigenvalue weighted by atomic mass is 9.69. The quantitative estimate of drug-likeness (QED) is 0.836. The van der Waals surface area contributed by atoms with E-state index < -0.39 is 0 Å². The van der Waals surface area contributed by atoms with Gasteiger partial charge in [-0.2, -0.15) is 0 Å². The molecule has 0 radical (unpaired) electrons. The molecule has 18 heavy (non-hydrogen) atoms. The van der Waals surface area contributed by atoms with Crippen LogP contribution in [0.25, 0.3) is 0 Å². The third-order valence-corrected chi connectivity index (χ3v) is 4.10. The van der Waals surface area contributed by atoms with Gasteiger partial charge < -0.3 is 11.1 Å². The molecule has 0 unspecified atom stereocenters. The maximum atomic E-state index is 12.0. The van der Waals surface area contributed by atoms with Crippen LogP contribution < -0.4 is 11.1 Å². The fourth-order valence-corrected chi connectivity index (χ4v) is 2.39. The van der Waals surface area contributed by atoms with Gasteiger partial charge in [-0.15, -0.1) is 0 Å². The molecule has 98 valence electrons. The second kappa shape index (κ2) is 5.53. The highest BCUT2D eigenvalue weighted by molar-refractivity contribution is 5.94. The van der Waals surface area contributed by atoms with Gasteiger partial charge in [0.15, 0.2) is 0 Å². The minimum Gasteiger partial charge on any atom is -0.351 e. The first-order chi connectivity index (χ1) is 8.69. The lowest BCUT2D eigenvalue weighted by molar-refractivity contribution is 0.0876. The lowest BCUT2D eigenvalue weighted by Gasteiger charge is -2.41. The lowest BCUT2D eigenvalue weighted by Crippen LogP contribution is -2.46. The molecule has 1 saturated carbocycles. The van der Waals surface area contributed by atoms with Crippen LogP contribution in [0.15, 0.2) is 24.3 Å². The topological polar surface area (TPSA) is 55.1 Å². The molecule has 1 aromatic carbocycles. The van der Waals surface area contributed by atoms with Crippen molar-refractivity contribution in [2.24, 2.45) is 11.1 Å². The summed E-state index contributed by atoms with van der Waals surface area (Å²) in [7, 11) is 0. The van der Waals surface area contributed by atoms with Gasteiger partial charge in [0.2, 0.25) is 0 Å². The van der Waals surface area contributed by atoms with Crippen LogP contribution in [0.2, 0.25) is 0 Å². The summed E-state index contributed by atoms with van der Waals surface area (Å²) in [6.45, 7) is 3.48. The zero-order valence-corrected chi connectivity index (χ0v) is 11.0. The molecule has 2 rings (SSSR count). The number of rotatable bonds is 5. The van der Waals surface area contributed by atoms with Crippen molar-refractivity contribution in [3.8, 4) is 0 Å². The smallest absolute Gasteiger partial charge is 0.251 e. The first kappa shape index (κ1) is 13.1. The minimum absolute atomic E-state index is 0.0115. The SMILES string of the molecule is CCc1ccc(C(=O)NCC2(CN)CCC2)cc1. The number of nitrogens with one attached hydrogen (secondary N) is 1. The van der Waals surface area contributed by atoms with Gasteiger partial charge in [-0.05, 0) is 48.9 Å². The highest BCUT2D eigenvalue weighted by atomic mass is 16.1. The normalized spacial score (nSPS) is 17.0. The predicted molar refractivity (Wildman–Crippen MR) is 73.5 cm³/mol. The number of carbonyl (C=O) groups excluding carboxylic acids is 1. The number of hydrogen-bond donors (Lipinski definition) is 2. The summed E-state index contributed by atoms with van der Waals surface area (Å²) in [5, 5.41) is 3.01. The van der Waals surface area contributed by atoms with Crippen molar-refractivity contribution in [3.63, 3.8) is 0 Å². The third kappa shape index (κ3) is 2.72. The van der Waals surface area contributed by atoms with Crippen LogP contribution >= 0.6 is 0 Å². The van der Waals surface area contributed by atoms with Gasteiger partial charge in [0.1, 0.15) is 0 Å². The molecule has 1 aromatic rings. The predicted octanol–water partition coefficient (Wildman–Crippen LogP) is 2.11. The Morgan fingerprint density at radius 2 is 2.00 bits per heavy atom. The summed E-state index contributed by atoms with van der Waals surface area (Å²) < 4.78 is 0. The highest BCUT2D eigenvalue weighted by Crippen LogP contribution is 2.39. The number of nitrogens with two attached hydrogens (primary N) is 1. The zero-order chi connectivity index (χ0) is 13.0. The van der Waals surface area contributed by atoms with Crippen LogP contribution in [0.3, 0.4) is 0 Å². The Kier molecular flexibility index (Phi) is 4.02. The van der Waals surface area contributed by atoms with Gasteiger partial charge in [-0.25, -0.2) is 0 Å². The van der Waals surface area contributed by atoms with E-state index in [1.807, 2.05) is 24.3 Å². The van der Waals surface area contributed by atoms with E-state index in [0.29, 0.717) is 13.1 Å². The molecule has 1 amide bonds. The molecule has 0 spiro atoms. The van der Waals surface area contributed by atoms with Crippen LogP contribution in [-0.2, 0) is 6.42 Å². The third-order valence-electron chi connectivity index (χ3n) is 4.10. The summed E-state index contributed by atoms with van der Waals surface area (Å²) >= 11 is 0. The molecule has 1 fully saturated rings. The Labute approximate surface area is 109 Å². The van der Waals surface area contributed by atoms with Gasteiger partial charge in [-0.1, -0.05) is 25.5 Å². The van der Waals surface area contributed by atoms with E-state index >= 15 is 0 Å². The van der Waals surface area contributed by atoms with E-state index in [1.54, 1.807) is 0 Å². The number of benzene rings is 1. The molecule has 0 saturated heterocycles. The molecule has 0 heterocycles. The van der Waals surface area contributed by atoms with E-state index in [9.17, 15) is 4.79 Å². The van der Waals surface area contributed by atoms with Crippen LogP contribution in [0.4, 0.5) is 0 Å². The Hall–Kier alpha value is -1.35. The van der Waals surface area contributed by atoms with Gasteiger partial charge in [0.05, 0.1) is 0 Å². The highest BCUT2D eigenvalue weighted by Gasteiger charge is 2.35. The number of aryl methyl sites for hydroxylation is 1. The van der Waals surface area contributed by atoms with Crippen molar-refractivity contribution in [1.82, 2.24) is 5.32 Å². The molecule has 1 aliphatic rings. The van der Waals surface area contributed by atoms with Crippen molar-refractivity contribution >= 4 is 5.91 Å². The summed E-state index contributed by atoms with van der Waals surface area (Å²) in [5.41, 5.74) is 7.93. The average molecular weight is 246 g/mol. The van der Waals surface area contributed by atoms with Gasteiger partial charge in [-0.3, -0.25) is 4.79 Å². The summed E-state index contributed by atoms with van der Waals surface area (Å²) in [6, 6.07) is 7.81. The zero-order valence-electron chi connectivity index (χ0n) is 11.0. The van der Waals surface area contributed by atoms with E-state index in [-0.39, 0.29) is 11.3 Å². The fourth-order valence-electron chi connectivity index (χ4n) is 2.39. The molecular formula is C15H22N2O. The van der Waals surface area contributed by atoms with Crippen LogP contribution in [0.1, 0.15) is 42.1 Å². The largest absolute Gasteiger partial charge is 0.351 e. The second-order valence-electron chi connectivity index (χ2n) is 5.29. The molecule has 0 aromatic heterocycles. The fraction of sp³-hybridized carbons (Fsp3) is 0.533. The van der Waals surface area contributed by atoms with Crippen molar-refractivity contribution < 1.29 is 4.79 Å². The molecule has 3 N–H and O–H groups in total. The second-order valence-corrected chi connectivity index (χ2v) is 5.29. The Balaban J connectivity index is 1.90. The van der Waals surface area contributed by atoms with E-state index in [1.165, 1.54) is 12.0 Å². The maximum absolute atomic E-state index is 12.0. The van der Waals surface area contributed by atoms with Gasteiger partial charge >= 0.3 is 0 Å². The van der Waals surface area contributed by atoms with Crippen LogP contribution in [-0.4, -0.2) is 19.0 Å². The standard InChI is InChI=1S/C15H22N2O/c1-2-12-4-6-13(7-5-12)14(18)17-11-15(10-16)8-3-9-15/h4-7H,2-3,8-11,16H2,1H3,(H,17,18). The Morgan fingerprint density at radius 3 is 2.44 bits per heavy atom. The van der Waals surface area contributed by atoms with Crippen molar-refractivity contribution in [3.05, 3.63) is 35.4 Å². The van der Waals surface area contributed by atoms with E-state index in [4.69, 9.17) is 5.73 Å². The molecule has 0 bridgehead atoms. The van der Waals surface area contributed by atoms with Crippen molar-refractivity contribution in [2.45, 2.75) is 32.6 Å². The monoisotopic (exact) mass is 246 g/mol. The first-order valence-electron chi connectivity index (χ1n) is 6.76. The maximum Gasteiger partial charge on any atom is 0.251 e. The number of carbonyl (C=O) groups is 1. The van der Waals surface area contributed by atoms with Crippen molar-refractivity contribution in [1.29, 1.82) is 0 Å². The summed E-state index contributed by atoms with van der Waals surface area (Å²) in [4.78, 5) is 12.0. The van der Waals surface area contributed by atoms with E-state index in [0.717, 1.165) is 24.8 Å². The van der Waals surface area contributed by atoms with Gasteiger partial charge in [0.25, 0.3) is 5.91 Å². The minimum atomic E-state index is 0.0115. The number of hydrogen-bond acceptors (Lipinski definition) is 2. The molecule has 0 atom stereocenters. The summed E-state index contributed by atoms with van der Waals surface area (Å²) in [6.07, 6.45) is 4.51. The van der Waals surface area contributed by atoms with Crippen LogP contribution in [0.5, 0.6) is 0 Å². The van der Waals surface area contributed by atoms with Crippen molar-refractivity contribution in [2.75, 3.05) is 13.1 Å². The molecule has 3 heteroatoms. The molecule has 1 aliphatic carbocycles. The Morgan fingerprint density at radius 1 is 1.33 bits per heavy atom. The van der Waals surface area contributed by atoms with Gasteiger partial charge in [0, 0.05) is 12.1 Å². The Bertz CT molecular complexity index is 401.